The zero-order valence-corrected chi connectivity index (χ0v) is 6.49. The Hall–Kier alpha value is -0.800. The number of hydrogen-bond donors (Lipinski definition) is 2. The fraction of sp³-hybridized carbons (Fsp3) is 0.500. The molecule has 11 heavy (non-hydrogen) atoms. The maximum atomic E-state index is 8.48. The highest BCUT2D eigenvalue weighted by atomic mass is 16.3. The van der Waals surface area contributed by atoms with E-state index in [1.165, 1.54) is 0 Å². The minimum absolute atomic E-state index is 0.272. The Kier molecular flexibility index (Phi) is 3.72. The normalized spacial score (nSPS) is 10.3. The summed E-state index contributed by atoms with van der Waals surface area (Å²) in [6.45, 7) is 2.10. The Morgan fingerprint density at radius 3 is 3.09 bits per heavy atom. The van der Waals surface area contributed by atoms with Gasteiger partial charge in [0.05, 0.1) is 12.8 Å². The molecule has 0 aliphatic rings. The molecule has 0 unspecified atom stereocenters. The van der Waals surface area contributed by atoms with E-state index in [1.54, 1.807) is 6.26 Å². The third kappa shape index (κ3) is 3.20. The van der Waals surface area contributed by atoms with Crippen LogP contribution in [0.2, 0.25) is 0 Å². The molecule has 1 aromatic heterocycles. The van der Waals surface area contributed by atoms with Crippen LogP contribution in [0.5, 0.6) is 0 Å². The summed E-state index contributed by atoms with van der Waals surface area (Å²) in [5.41, 5.74) is 0. The standard InChI is InChI=1S/C8H13NO2/c10-5-2-4-9-7-8-3-1-6-11-8/h1,3,6,9-10H,2,4-5,7H2/p+1. The molecule has 0 bridgehead atoms. The lowest BCUT2D eigenvalue weighted by molar-refractivity contribution is -0.672. The number of aliphatic hydroxyl groups excluding tert-OH is 1. The molecule has 0 saturated carbocycles. The van der Waals surface area contributed by atoms with Gasteiger partial charge >= 0.3 is 0 Å². The summed E-state index contributed by atoms with van der Waals surface area (Å²) < 4.78 is 5.12. The van der Waals surface area contributed by atoms with Crippen molar-refractivity contribution in [3.8, 4) is 0 Å². The van der Waals surface area contributed by atoms with E-state index in [-0.39, 0.29) is 6.61 Å². The highest BCUT2D eigenvalue weighted by Crippen LogP contribution is 1.95. The number of hydrogen-bond acceptors (Lipinski definition) is 2. The first-order chi connectivity index (χ1) is 5.43. The van der Waals surface area contributed by atoms with E-state index < -0.39 is 0 Å². The summed E-state index contributed by atoms with van der Waals surface area (Å²) in [5.74, 6) is 0.989. The summed E-state index contributed by atoms with van der Waals surface area (Å²) in [5, 5.41) is 10.6. The number of quaternary nitrogens is 1. The van der Waals surface area contributed by atoms with E-state index in [9.17, 15) is 0 Å². The first-order valence-electron chi connectivity index (χ1n) is 3.88. The first kappa shape index (κ1) is 8.30. The molecular weight excluding hydrogens is 142 g/mol. The Morgan fingerprint density at radius 2 is 2.45 bits per heavy atom. The quantitative estimate of drug-likeness (QED) is 0.576. The van der Waals surface area contributed by atoms with Crippen LogP contribution in [0, 0.1) is 0 Å². The second-order valence-electron chi connectivity index (χ2n) is 2.44. The third-order valence-corrected chi connectivity index (χ3v) is 1.49. The second-order valence-corrected chi connectivity index (χ2v) is 2.44. The van der Waals surface area contributed by atoms with Gasteiger partial charge in [-0.1, -0.05) is 0 Å². The minimum atomic E-state index is 0.272. The van der Waals surface area contributed by atoms with Crippen molar-refractivity contribution in [2.45, 2.75) is 13.0 Å². The maximum Gasteiger partial charge on any atom is 0.157 e. The van der Waals surface area contributed by atoms with E-state index >= 15 is 0 Å². The van der Waals surface area contributed by atoms with Crippen LogP contribution in [0.1, 0.15) is 12.2 Å². The van der Waals surface area contributed by atoms with E-state index in [0.29, 0.717) is 0 Å². The molecule has 0 aliphatic carbocycles. The van der Waals surface area contributed by atoms with Gasteiger partial charge in [0.2, 0.25) is 0 Å². The fourth-order valence-corrected chi connectivity index (χ4v) is 0.909. The van der Waals surface area contributed by atoms with Crippen LogP contribution in [0.4, 0.5) is 0 Å². The van der Waals surface area contributed by atoms with Crippen molar-refractivity contribution in [3.63, 3.8) is 0 Å². The highest BCUT2D eigenvalue weighted by molar-refractivity contribution is 4.95. The SMILES string of the molecule is OCCC[NH2+]Cc1ccco1. The van der Waals surface area contributed by atoms with Gasteiger partial charge in [-0.05, 0) is 12.1 Å². The predicted molar refractivity (Wildman–Crippen MR) is 40.9 cm³/mol. The van der Waals surface area contributed by atoms with Crippen molar-refractivity contribution in [3.05, 3.63) is 24.2 Å². The van der Waals surface area contributed by atoms with Gasteiger partial charge in [0.1, 0.15) is 6.54 Å². The Labute approximate surface area is 66.0 Å². The molecular formula is C8H14NO2+. The van der Waals surface area contributed by atoms with E-state index in [4.69, 9.17) is 9.52 Å². The van der Waals surface area contributed by atoms with E-state index in [0.717, 1.165) is 25.3 Å². The molecule has 0 fully saturated rings. The van der Waals surface area contributed by atoms with Gasteiger partial charge < -0.3 is 14.8 Å². The lowest BCUT2D eigenvalue weighted by atomic mass is 10.4. The molecule has 62 valence electrons. The van der Waals surface area contributed by atoms with Crippen molar-refractivity contribution in [1.29, 1.82) is 0 Å². The van der Waals surface area contributed by atoms with Crippen molar-refractivity contribution < 1.29 is 14.8 Å². The Morgan fingerprint density at radius 1 is 1.55 bits per heavy atom. The summed E-state index contributed by atoms with van der Waals surface area (Å²) in [4.78, 5) is 0. The minimum Gasteiger partial charge on any atom is -0.463 e. The lowest BCUT2D eigenvalue weighted by Gasteiger charge is -1.95. The molecule has 3 N–H and O–H groups in total. The van der Waals surface area contributed by atoms with Crippen molar-refractivity contribution in [1.82, 2.24) is 0 Å². The lowest BCUT2D eigenvalue weighted by Crippen LogP contribution is -2.82. The smallest absolute Gasteiger partial charge is 0.157 e. The van der Waals surface area contributed by atoms with Crippen molar-refractivity contribution in [2.75, 3.05) is 13.2 Å². The van der Waals surface area contributed by atoms with Crippen LogP contribution >= 0.6 is 0 Å². The van der Waals surface area contributed by atoms with Gasteiger partial charge in [0, 0.05) is 13.0 Å². The number of rotatable bonds is 5. The Balaban J connectivity index is 2.04. The zero-order valence-electron chi connectivity index (χ0n) is 6.49. The van der Waals surface area contributed by atoms with Crippen LogP contribution in [0.3, 0.4) is 0 Å². The van der Waals surface area contributed by atoms with Crippen LogP contribution < -0.4 is 5.32 Å². The molecule has 1 rings (SSSR count). The van der Waals surface area contributed by atoms with Crippen LogP contribution in [0.25, 0.3) is 0 Å². The summed E-state index contributed by atoms with van der Waals surface area (Å²) in [6, 6.07) is 3.84. The summed E-state index contributed by atoms with van der Waals surface area (Å²) in [6.07, 6.45) is 2.52. The maximum absolute atomic E-state index is 8.48. The number of nitrogens with two attached hydrogens (primary N) is 1. The molecule has 3 nitrogen and oxygen atoms in total. The Bertz CT molecular complexity index is 172. The predicted octanol–water partition coefficient (Wildman–Crippen LogP) is -0.275. The molecule has 0 spiro atoms. The topological polar surface area (TPSA) is 50.0 Å². The molecule has 0 aliphatic heterocycles. The van der Waals surface area contributed by atoms with Gasteiger partial charge in [0.25, 0.3) is 0 Å². The number of aliphatic hydroxyl groups is 1. The molecule has 0 radical (unpaired) electrons. The fourth-order valence-electron chi connectivity index (χ4n) is 0.909. The zero-order chi connectivity index (χ0) is 7.94. The molecule has 1 aromatic rings. The molecule has 0 aromatic carbocycles. The first-order valence-corrected chi connectivity index (χ1v) is 3.88. The average molecular weight is 156 g/mol. The van der Waals surface area contributed by atoms with Gasteiger partial charge in [-0.25, -0.2) is 0 Å². The molecule has 0 atom stereocenters. The van der Waals surface area contributed by atoms with E-state index in [1.807, 2.05) is 12.1 Å². The molecule has 1 heterocycles. The van der Waals surface area contributed by atoms with Gasteiger partial charge in [-0.15, -0.1) is 0 Å². The van der Waals surface area contributed by atoms with Crippen LogP contribution in [0.15, 0.2) is 22.8 Å². The second kappa shape index (κ2) is 4.93. The summed E-state index contributed by atoms with van der Waals surface area (Å²) in [7, 11) is 0. The monoisotopic (exact) mass is 156 g/mol. The van der Waals surface area contributed by atoms with Crippen LogP contribution in [-0.2, 0) is 6.54 Å². The third-order valence-electron chi connectivity index (χ3n) is 1.49. The van der Waals surface area contributed by atoms with Gasteiger partial charge in [0.15, 0.2) is 5.76 Å². The highest BCUT2D eigenvalue weighted by Gasteiger charge is 1.95. The van der Waals surface area contributed by atoms with Crippen molar-refractivity contribution in [2.24, 2.45) is 0 Å². The largest absolute Gasteiger partial charge is 0.463 e. The van der Waals surface area contributed by atoms with Gasteiger partial charge in [-0.3, -0.25) is 0 Å². The van der Waals surface area contributed by atoms with E-state index in [2.05, 4.69) is 5.32 Å². The average Bonchev–Trinajstić information content (AvgIpc) is 2.50. The molecule has 0 saturated heterocycles. The van der Waals surface area contributed by atoms with Gasteiger partial charge in [-0.2, -0.15) is 0 Å². The molecule has 0 amide bonds. The van der Waals surface area contributed by atoms with Crippen LogP contribution in [-0.4, -0.2) is 18.3 Å². The number of furan rings is 1. The molecule has 3 heteroatoms. The van der Waals surface area contributed by atoms with Crippen molar-refractivity contribution >= 4 is 0 Å². The summed E-state index contributed by atoms with van der Waals surface area (Å²) >= 11 is 0.